The van der Waals surface area contributed by atoms with E-state index >= 15 is 0 Å². The lowest BCUT2D eigenvalue weighted by Crippen LogP contribution is -2.51. The van der Waals surface area contributed by atoms with E-state index < -0.39 is 0 Å². The molecule has 2 rings (SSSR count). The quantitative estimate of drug-likeness (QED) is 0.811. The molecule has 2 aliphatic rings. The first-order chi connectivity index (χ1) is 9.73. The van der Waals surface area contributed by atoms with Crippen LogP contribution in [0, 0.1) is 11.3 Å². The number of carbonyl (C=O) groups is 1. The Kier molecular flexibility index (Phi) is 5.88. The molecule has 2 fully saturated rings. The minimum absolute atomic E-state index is 0.106. The van der Waals surface area contributed by atoms with Crippen molar-refractivity contribution in [1.82, 2.24) is 10.6 Å². The van der Waals surface area contributed by atoms with Crippen molar-refractivity contribution in [2.75, 3.05) is 13.1 Å². The number of nitrogens with one attached hydrogen (secondary N) is 2. The van der Waals surface area contributed by atoms with Gasteiger partial charge < -0.3 is 10.6 Å². The van der Waals surface area contributed by atoms with Crippen molar-refractivity contribution in [3.8, 4) is 0 Å². The van der Waals surface area contributed by atoms with Crippen LogP contribution >= 0.6 is 0 Å². The van der Waals surface area contributed by atoms with E-state index in [0.29, 0.717) is 17.9 Å². The molecule has 0 atom stereocenters. The summed E-state index contributed by atoms with van der Waals surface area (Å²) in [6.45, 7) is 6.50. The van der Waals surface area contributed by atoms with Crippen LogP contribution in [0.25, 0.3) is 0 Å². The third kappa shape index (κ3) is 3.36. The van der Waals surface area contributed by atoms with Crippen LogP contribution in [-0.4, -0.2) is 25.0 Å². The Balaban J connectivity index is 2.03. The Bertz CT molecular complexity index is 300. The molecule has 0 bridgehead atoms. The van der Waals surface area contributed by atoms with Gasteiger partial charge in [-0.15, -0.1) is 0 Å². The van der Waals surface area contributed by atoms with E-state index in [1.807, 2.05) is 0 Å². The molecule has 0 radical (unpaired) electrons. The van der Waals surface area contributed by atoms with Crippen LogP contribution in [0.4, 0.5) is 0 Å². The Morgan fingerprint density at radius 1 is 1.05 bits per heavy atom. The predicted molar refractivity (Wildman–Crippen MR) is 83.6 cm³/mol. The van der Waals surface area contributed by atoms with Crippen LogP contribution < -0.4 is 10.6 Å². The van der Waals surface area contributed by atoms with Crippen LogP contribution in [0.1, 0.15) is 71.6 Å². The molecule has 1 heterocycles. The third-order valence-corrected chi connectivity index (χ3v) is 5.78. The average molecular weight is 280 g/mol. The molecule has 0 aromatic rings. The molecule has 1 saturated heterocycles. The summed E-state index contributed by atoms with van der Waals surface area (Å²) in [5.74, 6) is 0.953. The molecule has 1 aliphatic carbocycles. The lowest BCUT2D eigenvalue weighted by molar-refractivity contribution is -0.137. The number of hydrogen-bond donors (Lipinski definition) is 2. The van der Waals surface area contributed by atoms with Gasteiger partial charge in [0, 0.05) is 6.04 Å². The molecule has 0 unspecified atom stereocenters. The molecule has 2 N–H and O–H groups in total. The summed E-state index contributed by atoms with van der Waals surface area (Å²) in [6, 6.07) is 0.393. The highest BCUT2D eigenvalue weighted by Crippen LogP contribution is 2.44. The Hall–Kier alpha value is -0.570. The van der Waals surface area contributed by atoms with Gasteiger partial charge in [0.2, 0.25) is 5.91 Å². The summed E-state index contributed by atoms with van der Waals surface area (Å²) in [4.78, 5) is 13.0. The van der Waals surface area contributed by atoms with Crippen LogP contribution in [0.2, 0.25) is 0 Å². The fourth-order valence-electron chi connectivity index (χ4n) is 4.28. The summed E-state index contributed by atoms with van der Waals surface area (Å²) < 4.78 is 0. The zero-order chi connectivity index (χ0) is 14.4. The van der Waals surface area contributed by atoms with E-state index in [9.17, 15) is 4.79 Å². The smallest absolute Gasteiger partial charge is 0.226 e. The lowest BCUT2D eigenvalue weighted by atomic mass is 9.65. The first-order valence-electron chi connectivity index (χ1n) is 8.74. The van der Waals surface area contributed by atoms with Gasteiger partial charge in [0.15, 0.2) is 0 Å². The zero-order valence-electron chi connectivity index (χ0n) is 13.3. The Labute approximate surface area is 124 Å². The number of piperidine rings is 1. The molecular weight excluding hydrogens is 248 g/mol. The highest BCUT2D eigenvalue weighted by Gasteiger charge is 2.43. The number of amides is 1. The summed E-state index contributed by atoms with van der Waals surface area (Å²) in [7, 11) is 0. The summed E-state index contributed by atoms with van der Waals surface area (Å²) in [5.41, 5.74) is -0.106. The van der Waals surface area contributed by atoms with Crippen molar-refractivity contribution in [2.45, 2.75) is 77.7 Å². The van der Waals surface area contributed by atoms with Crippen molar-refractivity contribution in [1.29, 1.82) is 0 Å². The van der Waals surface area contributed by atoms with Crippen molar-refractivity contribution in [3.05, 3.63) is 0 Å². The fraction of sp³-hybridized carbons (Fsp3) is 0.941. The lowest BCUT2D eigenvalue weighted by Gasteiger charge is -2.41. The van der Waals surface area contributed by atoms with Gasteiger partial charge in [-0.3, -0.25) is 4.79 Å². The van der Waals surface area contributed by atoms with E-state index in [1.54, 1.807) is 0 Å². The van der Waals surface area contributed by atoms with Crippen molar-refractivity contribution < 1.29 is 4.79 Å². The SMILES string of the molecule is CCC(CC)(C(=O)NC1CCNCC1)C1CCCCC1. The van der Waals surface area contributed by atoms with Gasteiger partial charge in [-0.1, -0.05) is 33.1 Å². The van der Waals surface area contributed by atoms with Crippen LogP contribution in [0.5, 0.6) is 0 Å². The normalized spacial score (nSPS) is 22.7. The van der Waals surface area contributed by atoms with Crippen LogP contribution in [-0.2, 0) is 4.79 Å². The van der Waals surface area contributed by atoms with E-state index in [-0.39, 0.29) is 5.41 Å². The topological polar surface area (TPSA) is 41.1 Å². The molecule has 20 heavy (non-hydrogen) atoms. The molecule has 3 heteroatoms. The Morgan fingerprint density at radius 2 is 1.65 bits per heavy atom. The number of rotatable bonds is 5. The van der Waals surface area contributed by atoms with Crippen LogP contribution in [0.3, 0.4) is 0 Å². The molecule has 3 nitrogen and oxygen atoms in total. The first kappa shape index (κ1) is 15.8. The highest BCUT2D eigenvalue weighted by atomic mass is 16.2. The van der Waals surface area contributed by atoms with E-state index in [4.69, 9.17) is 0 Å². The maximum Gasteiger partial charge on any atom is 0.226 e. The maximum atomic E-state index is 13.0. The first-order valence-corrected chi connectivity index (χ1v) is 8.74. The van der Waals surface area contributed by atoms with Crippen molar-refractivity contribution >= 4 is 5.91 Å². The maximum absolute atomic E-state index is 13.0. The monoisotopic (exact) mass is 280 g/mol. The molecule has 0 aromatic carbocycles. The van der Waals surface area contributed by atoms with Gasteiger partial charge >= 0.3 is 0 Å². The minimum atomic E-state index is -0.106. The van der Waals surface area contributed by atoms with Gasteiger partial charge in [-0.05, 0) is 57.5 Å². The highest BCUT2D eigenvalue weighted by molar-refractivity contribution is 5.83. The number of carbonyl (C=O) groups excluding carboxylic acids is 1. The van der Waals surface area contributed by atoms with Crippen molar-refractivity contribution in [2.24, 2.45) is 11.3 Å². The third-order valence-electron chi connectivity index (χ3n) is 5.78. The van der Waals surface area contributed by atoms with Gasteiger partial charge in [0.05, 0.1) is 5.41 Å². The molecule has 116 valence electrons. The van der Waals surface area contributed by atoms with Crippen molar-refractivity contribution in [3.63, 3.8) is 0 Å². The summed E-state index contributed by atoms with van der Waals surface area (Å²) in [6.07, 6.45) is 10.6. The molecule has 1 aliphatic heterocycles. The van der Waals surface area contributed by atoms with Gasteiger partial charge in [0.25, 0.3) is 0 Å². The molecule has 1 saturated carbocycles. The molecule has 0 spiro atoms. The zero-order valence-corrected chi connectivity index (χ0v) is 13.3. The van der Waals surface area contributed by atoms with Gasteiger partial charge in [0.1, 0.15) is 0 Å². The summed E-state index contributed by atoms with van der Waals surface area (Å²) in [5, 5.41) is 6.75. The number of hydrogen-bond acceptors (Lipinski definition) is 2. The second-order valence-electron chi connectivity index (χ2n) is 6.70. The standard InChI is InChI=1S/C17H32N2O/c1-3-17(4-2,14-8-6-5-7-9-14)16(20)19-15-10-12-18-13-11-15/h14-15,18H,3-13H2,1-2H3,(H,19,20). The fourth-order valence-corrected chi connectivity index (χ4v) is 4.28. The van der Waals surface area contributed by atoms with E-state index in [0.717, 1.165) is 38.8 Å². The van der Waals surface area contributed by atoms with Crippen LogP contribution in [0.15, 0.2) is 0 Å². The molecular formula is C17H32N2O. The second kappa shape index (κ2) is 7.44. The molecule has 0 aromatic heterocycles. The van der Waals surface area contributed by atoms with Gasteiger partial charge in [-0.25, -0.2) is 0 Å². The van der Waals surface area contributed by atoms with E-state index in [2.05, 4.69) is 24.5 Å². The average Bonchev–Trinajstić information content (AvgIpc) is 2.51. The molecule has 1 amide bonds. The second-order valence-corrected chi connectivity index (χ2v) is 6.70. The largest absolute Gasteiger partial charge is 0.353 e. The minimum Gasteiger partial charge on any atom is -0.353 e. The Morgan fingerprint density at radius 3 is 2.20 bits per heavy atom. The van der Waals surface area contributed by atoms with Gasteiger partial charge in [-0.2, -0.15) is 0 Å². The summed E-state index contributed by atoms with van der Waals surface area (Å²) >= 11 is 0. The van der Waals surface area contributed by atoms with E-state index in [1.165, 1.54) is 32.1 Å². The predicted octanol–water partition coefficient (Wildman–Crippen LogP) is 3.24.